The van der Waals surface area contributed by atoms with Gasteiger partial charge in [-0.15, -0.1) is 0 Å². The van der Waals surface area contributed by atoms with Gasteiger partial charge < -0.3 is 14.4 Å². The van der Waals surface area contributed by atoms with Crippen LogP contribution >= 0.6 is 0 Å². The number of methoxy groups -OCH3 is 1. The van der Waals surface area contributed by atoms with E-state index >= 15 is 0 Å². The lowest BCUT2D eigenvalue weighted by atomic mass is 10.1. The predicted octanol–water partition coefficient (Wildman–Crippen LogP) is 2.73. The summed E-state index contributed by atoms with van der Waals surface area (Å²) in [5.74, 6) is 1.67. The normalized spacial score (nSPS) is 14.9. The smallest absolute Gasteiger partial charge is 0.161 e. The summed E-state index contributed by atoms with van der Waals surface area (Å²) in [5, 5.41) is 0. The SMILES string of the molecule is CCOc1cc(CCN(C)C2CC2)ccc1OC. The highest BCUT2D eigenvalue weighted by molar-refractivity contribution is 5.43. The third-order valence-electron chi connectivity index (χ3n) is 3.45. The first-order valence-electron chi connectivity index (χ1n) is 6.74. The van der Waals surface area contributed by atoms with E-state index in [4.69, 9.17) is 9.47 Å². The molecule has 0 bridgehead atoms. The molecule has 100 valence electrons. The minimum atomic E-state index is 0.668. The van der Waals surface area contributed by atoms with Crippen molar-refractivity contribution < 1.29 is 9.47 Å². The number of benzene rings is 1. The molecule has 0 aliphatic heterocycles. The van der Waals surface area contributed by atoms with E-state index in [9.17, 15) is 0 Å². The average Bonchev–Trinajstić information content (AvgIpc) is 3.21. The van der Waals surface area contributed by atoms with Crippen LogP contribution in [0, 0.1) is 0 Å². The zero-order valence-corrected chi connectivity index (χ0v) is 11.6. The van der Waals surface area contributed by atoms with Crippen LogP contribution in [-0.4, -0.2) is 38.3 Å². The molecule has 3 heteroatoms. The molecule has 0 saturated heterocycles. The molecule has 2 rings (SSSR count). The quantitative estimate of drug-likeness (QED) is 0.741. The van der Waals surface area contributed by atoms with Crippen molar-refractivity contribution in [2.75, 3.05) is 27.3 Å². The Morgan fingerprint density at radius 1 is 1.28 bits per heavy atom. The van der Waals surface area contributed by atoms with E-state index in [1.807, 2.05) is 13.0 Å². The molecule has 0 unspecified atom stereocenters. The Hall–Kier alpha value is -1.22. The molecule has 1 saturated carbocycles. The molecule has 1 fully saturated rings. The summed E-state index contributed by atoms with van der Waals surface area (Å²) in [7, 11) is 3.89. The highest BCUT2D eigenvalue weighted by Gasteiger charge is 2.25. The summed E-state index contributed by atoms with van der Waals surface area (Å²) < 4.78 is 10.9. The number of likely N-dealkylation sites (N-methyl/N-ethyl adjacent to an activating group) is 1. The van der Waals surface area contributed by atoms with Crippen LogP contribution in [0.4, 0.5) is 0 Å². The fourth-order valence-electron chi connectivity index (χ4n) is 2.15. The number of ether oxygens (including phenoxy) is 2. The van der Waals surface area contributed by atoms with E-state index in [2.05, 4.69) is 24.1 Å². The largest absolute Gasteiger partial charge is 0.493 e. The van der Waals surface area contributed by atoms with Gasteiger partial charge in [0.25, 0.3) is 0 Å². The number of rotatable bonds is 7. The van der Waals surface area contributed by atoms with Gasteiger partial charge in [-0.1, -0.05) is 6.07 Å². The van der Waals surface area contributed by atoms with Crippen molar-refractivity contribution in [1.82, 2.24) is 4.90 Å². The molecule has 0 N–H and O–H groups in total. The van der Waals surface area contributed by atoms with E-state index in [0.29, 0.717) is 6.61 Å². The summed E-state index contributed by atoms with van der Waals surface area (Å²) in [5.41, 5.74) is 1.31. The predicted molar refractivity (Wildman–Crippen MR) is 73.5 cm³/mol. The van der Waals surface area contributed by atoms with Gasteiger partial charge in [-0.2, -0.15) is 0 Å². The zero-order chi connectivity index (χ0) is 13.0. The third-order valence-corrected chi connectivity index (χ3v) is 3.45. The molecule has 0 radical (unpaired) electrons. The average molecular weight is 249 g/mol. The maximum atomic E-state index is 5.60. The molecule has 0 aromatic heterocycles. The van der Waals surface area contributed by atoms with Gasteiger partial charge in [0, 0.05) is 12.6 Å². The lowest BCUT2D eigenvalue weighted by molar-refractivity contribution is 0.309. The Morgan fingerprint density at radius 2 is 2.06 bits per heavy atom. The van der Waals surface area contributed by atoms with Crippen molar-refractivity contribution in [3.05, 3.63) is 23.8 Å². The molecule has 18 heavy (non-hydrogen) atoms. The van der Waals surface area contributed by atoms with Crippen molar-refractivity contribution in [2.45, 2.75) is 32.2 Å². The van der Waals surface area contributed by atoms with E-state index in [0.717, 1.165) is 30.5 Å². The van der Waals surface area contributed by atoms with Gasteiger partial charge in [-0.25, -0.2) is 0 Å². The molecule has 0 amide bonds. The van der Waals surface area contributed by atoms with Gasteiger partial charge in [0.15, 0.2) is 11.5 Å². The summed E-state index contributed by atoms with van der Waals surface area (Å²) in [4.78, 5) is 2.45. The van der Waals surface area contributed by atoms with Crippen molar-refractivity contribution in [1.29, 1.82) is 0 Å². The molecular weight excluding hydrogens is 226 g/mol. The van der Waals surface area contributed by atoms with Crippen LogP contribution in [-0.2, 0) is 6.42 Å². The van der Waals surface area contributed by atoms with Crippen LogP contribution in [0.3, 0.4) is 0 Å². The first kappa shape index (κ1) is 13.2. The van der Waals surface area contributed by atoms with E-state index in [1.54, 1.807) is 7.11 Å². The van der Waals surface area contributed by atoms with Crippen LogP contribution in [0.15, 0.2) is 18.2 Å². The Kier molecular flexibility index (Phi) is 4.48. The molecule has 0 heterocycles. The molecule has 1 aliphatic carbocycles. The number of nitrogens with zero attached hydrogens (tertiary/aromatic N) is 1. The van der Waals surface area contributed by atoms with Gasteiger partial charge in [0.2, 0.25) is 0 Å². The lowest BCUT2D eigenvalue weighted by Gasteiger charge is -2.16. The van der Waals surface area contributed by atoms with Crippen LogP contribution in [0.25, 0.3) is 0 Å². The monoisotopic (exact) mass is 249 g/mol. The van der Waals surface area contributed by atoms with Crippen LogP contribution in [0.2, 0.25) is 0 Å². The maximum Gasteiger partial charge on any atom is 0.161 e. The van der Waals surface area contributed by atoms with Crippen molar-refractivity contribution in [2.24, 2.45) is 0 Å². The number of hydrogen-bond donors (Lipinski definition) is 0. The number of hydrogen-bond acceptors (Lipinski definition) is 3. The molecule has 3 nitrogen and oxygen atoms in total. The van der Waals surface area contributed by atoms with Gasteiger partial charge >= 0.3 is 0 Å². The fourth-order valence-corrected chi connectivity index (χ4v) is 2.15. The van der Waals surface area contributed by atoms with Gasteiger partial charge in [0.1, 0.15) is 0 Å². The molecule has 0 atom stereocenters. The minimum Gasteiger partial charge on any atom is -0.493 e. The van der Waals surface area contributed by atoms with Crippen LogP contribution in [0.1, 0.15) is 25.3 Å². The first-order valence-corrected chi connectivity index (χ1v) is 6.74. The Morgan fingerprint density at radius 3 is 2.67 bits per heavy atom. The van der Waals surface area contributed by atoms with E-state index < -0.39 is 0 Å². The van der Waals surface area contributed by atoms with Crippen molar-refractivity contribution in [3.8, 4) is 11.5 Å². The highest BCUT2D eigenvalue weighted by Crippen LogP contribution is 2.29. The second-order valence-electron chi connectivity index (χ2n) is 4.88. The molecule has 1 aliphatic rings. The first-order chi connectivity index (χ1) is 8.74. The van der Waals surface area contributed by atoms with Crippen LogP contribution in [0.5, 0.6) is 11.5 Å². The Bertz CT molecular complexity index is 388. The van der Waals surface area contributed by atoms with E-state index in [1.165, 1.54) is 18.4 Å². The van der Waals surface area contributed by atoms with Crippen molar-refractivity contribution in [3.63, 3.8) is 0 Å². The van der Waals surface area contributed by atoms with Crippen molar-refractivity contribution >= 4 is 0 Å². The summed E-state index contributed by atoms with van der Waals surface area (Å²) in [6.07, 6.45) is 3.80. The Labute approximate surface area is 110 Å². The second kappa shape index (κ2) is 6.10. The zero-order valence-electron chi connectivity index (χ0n) is 11.6. The highest BCUT2D eigenvalue weighted by atomic mass is 16.5. The van der Waals surface area contributed by atoms with E-state index in [-0.39, 0.29) is 0 Å². The lowest BCUT2D eigenvalue weighted by Crippen LogP contribution is -2.23. The summed E-state index contributed by atoms with van der Waals surface area (Å²) >= 11 is 0. The molecule has 0 spiro atoms. The topological polar surface area (TPSA) is 21.7 Å². The third kappa shape index (κ3) is 3.39. The van der Waals surface area contributed by atoms with Gasteiger partial charge in [-0.3, -0.25) is 0 Å². The molecule has 1 aromatic rings. The maximum absolute atomic E-state index is 5.60. The van der Waals surface area contributed by atoms with Crippen LogP contribution < -0.4 is 9.47 Å². The standard InChI is InChI=1S/C15H23NO2/c1-4-18-15-11-12(5-8-14(15)17-3)9-10-16(2)13-6-7-13/h5,8,11,13H,4,6-7,9-10H2,1-3H3. The summed E-state index contributed by atoms with van der Waals surface area (Å²) in [6.45, 7) is 3.78. The second-order valence-corrected chi connectivity index (χ2v) is 4.88. The summed E-state index contributed by atoms with van der Waals surface area (Å²) in [6, 6.07) is 7.05. The molecular formula is C15H23NO2. The van der Waals surface area contributed by atoms with Gasteiger partial charge in [0.05, 0.1) is 13.7 Å². The van der Waals surface area contributed by atoms with Gasteiger partial charge in [-0.05, 0) is 50.9 Å². The minimum absolute atomic E-state index is 0.668. The Balaban J connectivity index is 1.96. The fraction of sp³-hybridized carbons (Fsp3) is 0.600. The molecule has 1 aromatic carbocycles.